The Bertz CT molecular complexity index is 604. The Labute approximate surface area is 131 Å². The van der Waals surface area contributed by atoms with Crippen molar-refractivity contribution < 1.29 is 4.79 Å². The molecule has 0 bridgehead atoms. The molecule has 1 aromatic rings. The summed E-state index contributed by atoms with van der Waals surface area (Å²) in [5.74, 6) is 2.11. The maximum Gasteiger partial charge on any atom is 0.331 e. The quantitative estimate of drug-likeness (QED) is 0.840. The third kappa shape index (κ3) is 2.21. The number of aliphatic imine (C=N–C) groups is 1. The second-order valence-corrected chi connectivity index (χ2v) is 6.42. The number of aryl methyl sites for hydroxylation is 1. The van der Waals surface area contributed by atoms with Gasteiger partial charge in [-0.3, -0.25) is 14.8 Å². The lowest BCUT2D eigenvalue weighted by Gasteiger charge is -2.34. The Morgan fingerprint density at radius 2 is 2.00 bits per heavy atom. The summed E-state index contributed by atoms with van der Waals surface area (Å²) in [5.41, 5.74) is 0.865. The van der Waals surface area contributed by atoms with Crippen molar-refractivity contribution in [3.63, 3.8) is 0 Å². The number of hydrogen-bond donors (Lipinski definition) is 0. The minimum absolute atomic E-state index is 0.0501. The van der Waals surface area contributed by atoms with Crippen LogP contribution in [0.3, 0.4) is 0 Å². The zero-order valence-electron chi connectivity index (χ0n) is 13.9. The molecule has 3 rings (SSSR count). The van der Waals surface area contributed by atoms with Gasteiger partial charge in [0.15, 0.2) is 5.84 Å². The van der Waals surface area contributed by atoms with Crippen LogP contribution >= 0.6 is 0 Å². The second kappa shape index (κ2) is 5.74. The van der Waals surface area contributed by atoms with Crippen LogP contribution in [0.2, 0.25) is 0 Å². The summed E-state index contributed by atoms with van der Waals surface area (Å²) in [7, 11) is 0. The molecule has 0 aliphatic carbocycles. The van der Waals surface area contributed by atoms with Crippen LogP contribution in [0.5, 0.6) is 0 Å². The number of amidine groups is 1. The third-order valence-corrected chi connectivity index (χ3v) is 4.33. The molecule has 6 heteroatoms. The minimum atomic E-state index is 0.0501. The summed E-state index contributed by atoms with van der Waals surface area (Å²) in [5, 5.41) is 0. The number of nitrogens with zero attached hydrogens (tertiary/aromatic N) is 5. The van der Waals surface area contributed by atoms with Gasteiger partial charge in [-0.15, -0.1) is 0 Å². The largest absolute Gasteiger partial charge is 0.331 e. The number of imidazole rings is 1. The van der Waals surface area contributed by atoms with E-state index in [1.165, 1.54) is 0 Å². The highest BCUT2D eigenvalue weighted by molar-refractivity contribution is 6.18. The lowest BCUT2D eigenvalue weighted by Crippen LogP contribution is -2.51. The molecule has 6 nitrogen and oxygen atoms in total. The molecule has 22 heavy (non-hydrogen) atoms. The lowest BCUT2D eigenvalue weighted by molar-refractivity contribution is 0.225. The predicted octanol–water partition coefficient (Wildman–Crippen LogP) is 2.73. The average Bonchev–Trinajstić information content (AvgIpc) is 3.08. The molecule has 120 valence electrons. The number of aromatic nitrogens is 2. The Morgan fingerprint density at radius 1 is 1.27 bits per heavy atom. The standard InChI is InChI=1S/C16H25N5O/c1-5-7-19-10-17-13-14-18-12(11(3)4)9-21(14)16(22)20(8-6-2)15(13)19/h10-12H,5-9H2,1-4H3. The Morgan fingerprint density at radius 3 is 2.64 bits per heavy atom. The molecular weight excluding hydrogens is 278 g/mol. The topological polar surface area (TPSA) is 53.7 Å². The maximum atomic E-state index is 12.9. The second-order valence-electron chi connectivity index (χ2n) is 6.42. The fourth-order valence-electron chi connectivity index (χ4n) is 3.14. The fraction of sp³-hybridized carbons (Fsp3) is 0.688. The van der Waals surface area contributed by atoms with Gasteiger partial charge >= 0.3 is 6.03 Å². The van der Waals surface area contributed by atoms with Crippen molar-refractivity contribution in [2.75, 3.05) is 18.0 Å². The van der Waals surface area contributed by atoms with E-state index in [2.05, 4.69) is 37.2 Å². The van der Waals surface area contributed by atoms with Crippen molar-refractivity contribution in [3.05, 3.63) is 12.0 Å². The van der Waals surface area contributed by atoms with Crippen LogP contribution in [-0.4, -0.2) is 45.4 Å². The van der Waals surface area contributed by atoms with Crippen LogP contribution < -0.4 is 4.90 Å². The smallest absolute Gasteiger partial charge is 0.316 e. The normalized spacial score (nSPS) is 20.5. The molecule has 1 unspecified atom stereocenters. The number of carbonyl (C=O) groups excluding carboxylic acids is 1. The molecule has 0 saturated carbocycles. The summed E-state index contributed by atoms with van der Waals surface area (Å²) in [4.78, 5) is 26.0. The molecule has 1 atom stereocenters. The SMILES string of the molecule is CCCN1C(=O)N2CC(C(C)C)N=C2c2ncn(CCC)c21. The van der Waals surface area contributed by atoms with Crippen LogP contribution in [0.1, 0.15) is 46.2 Å². The van der Waals surface area contributed by atoms with Crippen LogP contribution in [0.15, 0.2) is 11.3 Å². The molecule has 0 aromatic carbocycles. The number of urea groups is 1. The van der Waals surface area contributed by atoms with Gasteiger partial charge in [0.1, 0.15) is 11.5 Å². The molecule has 0 N–H and O–H groups in total. The van der Waals surface area contributed by atoms with E-state index in [1.807, 2.05) is 16.1 Å². The summed E-state index contributed by atoms with van der Waals surface area (Å²) in [6.45, 7) is 10.8. The molecule has 0 radical (unpaired) electrons. The van der Waals surface area contributed by atoms with Gasteiger partial charge in [0, 0.05) is 13.1 Å². The van der Waals surface area contributed by atoms with Crippen LogP contribution in [0, 0.1) is 5.92 Å². The molecule has 2 aliphatic rings. The van der Waals surface area contributed by atoms with E-state index < -0.39 is 0 Å². The van der Waals surface area contributed by atoms with Gasteiger partial charge in [-0.05, 0) is 18.8 Å². The average molecular weight is 303 g/mol. The molecule has 1 aromatic heterocycles. The zero-order chi connectivity index (χ0) is 15.9. The molecule has 2 amide bonds. The lowest BCUT2D eigenvalue weighted by atomic mass is 10.1. The Balaban J connectivity index is 2.07. The first-order valence-electron chi connectivity index (χ1n) is 8.30. The van der Waals surface area contributed by atoms with Gasteiger partial charge in [0.2, 0.25) is 0 Å². The van der Waals surface area contributed by atoms with E-state index in [-0.39, 0.29) is 12.1 Å². The molecule has 0 fully saturated rings. The van der Waals surface area contributed by atoms with Crippen molar-refractivity contribution in [3.8, 4) is 0 Å². The zero-order valence-corrected chi connectivity index (χ0v) is 13.9. The summed E-state index contributed by atoms with van der Waals surface area (Å²) >= 11 is 0. The van der Waals surface area contributed by atoms with E-state index in [1.54, 1.807) is 0 Å². The van der Waals surface area contributed by atoms with Crippen LogP contribution in [0.25, 0.3) is 0 Å². The number of amides is 2. The number of fused-ring (bicyclic) bond motifs is 3. The van der Waals surface area contributed by atoms with Gasteiger partial charge in [-0.25, -0.2) is 9.78 Å². The Hall–Kier alpha value is -1.85. The first-order valence-corrected chi connectivity index (χ1v) is 8.30. The molecular formula is C16H25N5O. The van der Waals surface area contributed by atoms with Gasteiger partial charge in [-0.1, -0.05) is 27.7 Å². The van der Waals surface area contributed by atoms with Crippen molar-refractivity contribution >= 4 is 17.7 Å². The Kier molecular flexibility index (Phi) is 3.93. The predicted molar refractivity (Wildman–Crippen MR) is 87.4 cm³/mol. The fourth-order valence-corrected chi connectivity index (χ4v) is 3.14. The van der Waals surface area contributed by atoms with Gasteiger partial charge in [0.05, 0.1) is 18.9 Å². The van der Waals surface area contributed by atoms with Gasteiger partial charge in [-0.2, -0.15) is 0 Å². The summed E-state index contributed by atoms with van der Waals surface area (Å²) in [6.07, 6.45) is 3.79. The minimum Gasteiger partial charge on any atom is -0.316 e. The van der Waals surface area contributed by atoms with E-state index >= 15 is 0 Å². The number of hydrogen-bond acceptors (Lipinski definition) is 3. The molecule has 0 saturated heterocycles. The highest BCUT2D eigenvalue weighted by Gasteiger charge is 2.43. The van der Waals surface area contributed by atoms with Crippen molar-refractivity contribution in [1.29, 1.82) is 0 Å². The third-order valence-electron chi connectivity index (χ3n) is 4.33. The number of carbonyl (C=O) groups is 1. The van der Waals surface area contributed by atoms with E-state index in [9.17, 15) is 4.79 Å². The van der Waals surface area contributed by atoms with E-state index in [0.29, 0.717) is 12.5 Å². The first kappa shape index (κ1) is 15.1. The van der Waals surface area contributed by atoms with Crippen LogP contribution in [0.4, 0.5) is 10.6 Å². The maximum absolute atomic E-state index is 12.9. The summed E-state index contributed by atoms with van der Waals surface area (Å²) in [6, 6.07) is 0.221. The van der Waals surface area contributed by atoms with Gasteiger partial charge in [0.25, 0.3) is 0 Å². The summed E-state index contributed by atoms with van der Waals surface area (Å²) < 4.78 is 2.09. The first-order chi connectivity index (χ1) is 10.6. The molecule has 3 heterocycles. The van der Waals surface area contributed by atoms with Crippen LogP contribution in [-0.2, 0) is 6.54 Å². The van der Waals surface area contributed by atoms with E-state index in [4.69, 9.17) is 4.99 Å². The van der Waals surface area contributed by atoms with Gasteiger partial charge < -0.3 is 4.57 Å². The highest BCUT2D eigenvalue weighted by atomic mass is 16.2. The van der Waals surface area contributed by atoms with Crippen molar-refractivity contribution in [1.82, 2.24) is 14.5 Å². The number of rotatable bonds is 5. The van der Waals surface area contributed by atoms with Crippen molar-refractivity contribution in [2.24, 2.45) is 10.9 Å². The number of anilines is 1. The monoisotopic (exact) mass is 303 g/mol. The highest BCUT2D eigenvalue weighted by Crippen LogP contribution is 2.33. The van der Waals surface area contributed by atoms with Crippen molar-refractivity contribution in [2.45, 2.75) is 53.1 Å². The van der Waals surface area contributed by atoms with E-state index in [0.717, 1.165) is 43.3 Å². The molecule has 2 aliphatic heterocycles. The molecule has 0 spiro atoms.